The molecule has 0 radical (unpaired) electrons. The van der Waals surface area contributed by atoms with E-state index >= 15 is 0 Å². The fourth-order valence-corrected chi connectivity index (χ4v) is 2.49. The molecular formula is C13H20ClN3. The Morgan fingerprint density at radius 1 is 1.24 bits per heavy atom. The van der Waals surface area contributed by atoms with E-state index in [4.69, 9.17) is 11.6 Å². The summed E-state index contributed by atoms with van der Waals surface area (Å²) in [5, 5.41) is -0.0202. The van der Waals surface area contributed by atoms with E-state index in [1.165, 1.54) is 25.7 Å². The van der Waals surface area contributed by atoms with Gasteiger partial charge in [-0.25, -0.2) is 9.97 Å². The molecule has 1 aromatic rings. The molecule has 1 aliphatic heterocycles. The van der Waals surface area contributed by atoms with Gasteiger partial charge >= 0.3 is 0 Å². The Kier molecular flexibility index (Phi) is 4.21. The highest BCUT2D eigenvalue weighted by atomic mass is 35.5. The van der Waals surface area contributed by atoms with Crippen LogP contribution in [0.5, 0.6) is 0 Å². The van der Waals surface area contributed by atoms with Crippen LogP contribution in [0.2, 0.25) is 0 Å². The predicted molar refractivity (Wildman–Crippen MR) is 71.7 cm³/mol. The minimum Gasteiger partial charge on any atom is -0.341 e. The number of aryl methyl sites for hydroxylation is 1. The molecule has 0 amide bonds. The summed E-state index contributed by atoms with van der Waals surface area (Å²) in [5.41, 5.74) is 2.03. The summed E-state index contributed by atoms with van der Waals surface area (Å²) < 4.78 is 0. The van der Waals surface area contributed by atoms with Crippen molar-refractivity contribution < 1.29 is 0 Å². The van der Waals surface area contributed by atoms with E-state index in [1.54, 1.807) is 0 Å². The van der Waals surface area contributed by atoms with Gasteiger partial charge in [0.15, 0.2) is 0 Å². The smallest absolute Gasteiger partial charge is 0.225 e. The Labute approximate surface area is 108 Å². The van der Waals surface area contributed by atoms with Crippen molar-refractivity contribution in [2.45, 2.75) is 44.9 Å². The van der Waals surface area contributed by atoms with Crippen LogP contribution in [-0.2, 0) is 0 Å². The summed E-state index contributed by atoms with van der Waals surface area (Å²) in [6.07, 6.45) is 7.02. The zero-order valence-corrected chi connectivity index (χ0v) is 11.4. The molecule has 2 heterocycles. The molecule has 1 aliphatic rings. The maximum atomic E-state index is 6.08. The Morgan fingerprint density at radius 3 is 2.41 bits per heavy atom. The molecule has 94 valence electrons. The van der Waals surface area contributed by atoms with Crippen LogP contribution in [0.3, 0.4) is 0 Å². The van der Waals surface area contributed by atoms with Crippen molar-refractivity contribution in [1.82, 2.24) is 9.97 Å². The minimum atomic E-state index is -0.0202. The first kappa shape index (κ1) is 12.6. The molecular weight excluding hydrogens is 234 g/mol. The van der Waals surface area contributed by atoms with Gasteiger partial charge in [-0.15, -0.1) is 11.6 Å². The number of nitrogens with zero attached hydrogens (tertiary/aromatic N) is 3. The van der Waals surface area contributed by atoms with Gasteiger partial charge in [0.2, 0.25) is 5.95 Å². The third-order valence-electron chi connectivity index (χ3n) is 3.32. The van der Waals surface area contributed by atoms with E-state index in [2.05, 4.69) is 14.9 Å². The molecule has 0 aromatic carbocycles. The zero-order valence-electron chi connectivity index (χ0n) is 10.6. The highest BCUT2D eigenvalue weighted by molar-refractivity contribution is 6.20. The van der Waals surface area contributed by atoms with Crippen molar-refractivity contribution in [3.8, 4) is 0 Å². The van der Waals surface area contributed by atoms with E-state index in [9.17, 15) is 0 Å². The lowest BCUT2D eigenvalue weighted by Crippen LogP contribution is -2.26. The molecule has 4 heteroatoms. The van der Waals surface area contributed by atoms with E-state index < -0.39 is 0 Å². The van der Waals surface area contributed by atoms with Gasteiger partial charge in [-0.2, -0.15) is 0 Å². The lowest BCUT2D eigenvalue weighted by atomic mass is 10.2. The first-order chi connectivity index (χ1) is 8.18. The number of alkyl halides is 1. The SMILES string of the molecule is Cc1nc(N2CCCCCC2)ncc1C(C)Cl. The topological polar surface area (TPSA) is 29.0 Å². The summed E-state index contributed by atoms with van der Waals surface area (Å²) in [6, 6.07) is 0. The summed E-state index contributed by atoms with van der Waals surface area (Å²) in [6.45, 7) is 6.13. The van der Waals surface area contributed by atoms with E-state index in [1.807, 2.05) is 20.0 Å². The summed E-state index contributed by atoms with van der Waals surface area (Å²) in [7, 11) is 0. The maximum Gasteiger partial charge on any atom is 0.225 e. The van der Waals surface area contributed by atoms with Crippen LogP contribution in [0, 0.1) is 6.92 Å². The number of aromatic nitrogens is 2. The van der Waals surface area contributed by atoms with Gasteiger partial charge in [-0.3, -0.25) is 0 Å². The molecule has 0 bridgehead atoms. The summed E-state index contributed by atoms with van der Waals surface area (Å²) >= 11 is 6.08. The van der Waals surface area contributed by atoms with Crippen molar-refractivity contribution in [3.63, 3.8) is 0 Å². The molecule has 2 rings (SSSR count). The lowest BCUT2D eigenvalue weighted by molar-refractivity contribution is 0.726. The third kappa shape index (κ3) is 3.09. The molecule has 1 atom stereocenters. The Balaban J connectivity index is 2.18. The summed E-state index contributed by atoms with van der Waals surface area (Å²) in [4.78, 5) is 11.3. The summed E-state index contributed by atoms with van der Waals surface area (Å²) in [5.74, 6) is 0.866. The number of hydrogen-bond donors (Lipinski definition) is 0. The molecule has 0 N–H and O–H groups in total. The van der Waals surface area contributed by atoms with Gasteiger partial charge < -0.3 is 4.90 Å². The van der Waals surface area contributed by atoms with Crippen molar-refractivity contribution in [2.24, 2.45) is 0 Å². The van der Waals surface area contributed by atoms with Crippen molar-refractivity contribution in [1.29, 1.82) is 0 Å². The Hall–Kier alpha value is -0.830. The molecule has 0 spiro atoms. The van der Waals surface area contributed by atoms with E-state index in [0.717, 1.165) is 30.3 Å². The molecule has 3 nitrogen and oxygen atoms in total. The van der Waals surface area contributed by atoms with Crippen molar-refractivity contribution >= 4 is 17.5 Å². The highest BCUT2D eigenvalue weighted by Gasteiger charge is 2.14. The van der Waals surface area contributed by atoms with Crippen LogP contribution in [-0.4, -0.2) is 23.1 Å². The Bertz CT molecular complexity index is 371. The fraction of sp³-hybridized carbons (Fsp3) is 0.692. The number of rotatable bonds is 2. The van der Waals surface area contributed by atoms with Gasteiger partial charge in [-0.05, 0) is 26.7 Å². The van der Waals surface area contributed by atoms with Crippen molar-refractivity contribution in [2.75, 3.05) is 18.0 Å². The van der Waals surface area contributed by atoms with Crippen LogP contribution >= 0.6 is 11.6 Å². The molecule has 0 saturated carbocycles. The highest BCUT2D eigenvalue weighted by Crippen LogP contribution is 2.23. The normalized spacial score (nSPS) is 18.9. The van der Waals surface area contributed by atoms with Crippen LogP contribution in [0.15, 0.2) is 6.20 Å². The maximum absolute atomic E-state index is 6.08. The average molecular weight is 254 g/mol. The van der Waals surface area contributed by atoms with Gasteiger partial charge in [0, 0.05) is 30.5 Å². The van der Waals surface area contributed by atoms with E-state index in [-0.39, 0.29) is 5.38 Å². The lowest BCUT2D eigenvalue weighted by Gasteiger charge is -2.21. The molecule has 1 aromatic heterocycles. The van der Waals surface area contributed by atoms with Gasteiger partial charge in [0.05, 0.1) is 5.38 Å². The van der Waals surface area contributed by atoms with E-state index in [0.29, 0.717) is 0 Å². The molecule has 1 fully saturated rings. The van der Waals surface area contributed by atoms with Gasteiger partial charge in [-0.1, -0.05) is 12.8 Å². The molecule has 0 aliphatic carbocycles. The molecule has 17 heavy (non-hydrogen) atoms. The van der Waals surface area contributed by atoms with Crippen LogP contribution < -0.4 is 4.90 Å². The molecule has 1 saturated heterocycles. The van der Waals surface area contributed by atoms with Gasteiger partial charge in [0.1, 0.15) is 0 Å². The largest absolute Gasteiger partial charge is 0.341 e. The number of halogens is 1. The fourth-order valence-electron chi connectivity index (χ4n) is 2.28. The van der Waals surface area contributed by atoms with Crippen LogP contribution in [0.4, 0.5) is 5.95 Å². The minimum absolute atomic E-state index is 0.0202. The monoisotopic (exact) mass is 253 g/mol. The van der Waals surface area contributed by atoms with Crippen LogP contribution in [0.1, 0.15) is 49.2 Å². The standard InChI is InChI=1S/C13H20ClN3/c1-10(14)12-9-15-13(16-11(12)2)17-7-5-3-4-6-8-17/h9-10H,3-8H2,1-2H3. The zero-order chi connectivity index (χ0) is 12.3. The first-order valence-electron chi connectivity index (χ1n) is 6.41. The van der Waals surface area contributed by atoms with Crippen LogP contribution in [0.25, 0.3) is 0 Å². The second kappa shape index (κ2) is 5.67. The quantitative estimate of drug-likeness (QED) is 0.756. The second-order valence-corrected chi connectivity index (χ2v) is 5.38. The predicted octanol–water partition coefficient (Wildman–Crippen LogP) is 3.47. The second-order valence-electron chi connectivity index (χ2n) is 4.73. The third-order valence-corrected chi connectivity index (χ3v) is 3.56. The average Bonchev–Trinajstić information content (AvgIpc) is 2.56. The van der Waals surface area contributed by atoms with Gasteiger partial charge in [0.25, 0.3) is 0 Å². The first-order valence-corrected chi connectivity index (χ1v) is 6.84. The van der Waals surface area contributed by atoms with Crippen molar-refractivity contribution in [3.05, 3.63) is 17.5 Å². The Morgan fingerprint density at radius 2 is 1.88 bits per heavy atom. The number of hydrogen-bond acceptors (Lipinski definition) is 3. The molecule has 1 unspecified atom stereocenters. The number of anilines is 1.